The van der Waals surface area contributed by atoms with E-state index in [0.717, 1.165) is 6.92 Å². The fourth-order valence-electron chi connectivity index (χ4n) is 0.0577. The number of carboxylic acid groups (broad SMARTS) is 3. The first-order valence-electron chi connectivity index (χ1n) is 5.45. The molecule has 1 atom stereocenters. The van der Waals surface area contributed by atoms with Gasteiger partial charge < -0.3 is 42.1 Å². The van der Waals surface area contributed by atoms with Gasteiger partial charge in [0.2, 0.25) is 0 Å². The highest BCUT2D eigenvalue weighted by Gasteiger charge is 1.99. The van der Waals surface area contributed by atoms with Gasteiger partial charge in [0.05, 0.1) is 19.8 Å². The molecule has 10 N–H and O–H groups in total. The molecule has 0 heterocycles. The molecule has 0 aromatic heterocycles. The summed E-state index contributed by atoms with van der Waals surface area (Å²) in [5, 5.41) is 46.9. The van der Waals surface area contributed by atoms with Gasteiger partial charge in [0, 0.05) is 6.92 Å². The van der Waals surface area contributed by atoms with Gasteiger partial charge in [-0.3, -0.25) is 14.4 Å². The Labute approximate surface area is 121 Å². The van der Waals surface area contributed by atoms with Gasteiger partial charge in [0.15, 0.2) is 0 Å². The molecule has 0 saturated carbocycles. The van der Waals surface area contributed by atoms with Crippen LogP contribution < -0.4 is 11.5 Å². The summed E-state index contributed by atoms with van der Waals surface area (Å²) in [6, 6.07) is -0.731. The van der Waals surface area contributed by atoms with Crippen molar-refractivity contribution in [3.8, 4) is 0 Å². The highest BCUT2D eigenvalue weighted by molar-refractivity contribution is 5.72. The predicted molar refractivity (Wildman–Crippen MR) is 71.5 cm³/mol. The normalized spacial score (nSPS) is 9.71. The molecule has 128 valence electrons. The van der Waals surface area contributed by atoms with E-state index in [-0.39, 0.29) is 19.8 Å². The van der Waals surface area contributed by atoms with Crippen LogP contribution in [0.1, 0.15) is 13.8 Å². The lowest BCUT2D eigenvalue weighted by molar-refractivity contribution is -0.138. The summed E-state index contributed by atoms with van der Waals surface area (Å²) in [5.74, 6) is -2.76. The third-order valence-electron chi connectivity index (χ3n) is 0.986. The van der Waals surface area contributed by atoms with Gasteiger partial charge in [0.25, 0.3) is 5.97 Å². The molecule has 0 amide bonds. The van der Waals surface area contributed by atoms with Crippen molar-refractivity contribution in [1.29, 1.82) is 0 Å². The molecule has 0 spiro atoms. The zero-order valence-electron chi connectivity index (χ0n) is 11.8. The van der Waals surface area contributed by atoms with Crippen molar-refractivity contribution >= 4 is 17.9 Å². The first kappa shape index (κ1) is 27.5. The Balaban J connectivity index is -0.0000000929. The number of carbonyl (C=O) groups is 3. The van der Waals surface area contributed by atoms with Crippen LogP contribution in [0.2, 0.25) is 0 Å². The lowest BCUT2D eigenvalue weighted by Crippen LogP contribution is -2.25. The lowest BCUT2D eigenvalue weighted by Gasteiger charge is -1.96. The fraction of sp³-hybridized carbons (Fsp3) is 0.700. The Bertz CT molecular complexity index is 263. The topological polar surface area (TPSA) is 225 Å². The van der Waals surface area contributed by atoms with Gasteiger partial charge in [-0.15, -0.1) is 0 Å². The minimum Gasteiger partial charge on any atom is -0.481 e. The summed E-state index contributed by atoms with van der Waals surface area (Å²) in [4.78, 5) is 27.8. The highest BCUT2D eigenvalue weighted by atomic mass is 16.4. The standard InChI is InChI=1S/C3H7NO2.C3H8O3.C2H5NO2.C2H4O2/c1-2(4)3(5)6;4-1-3(6)2-5;3-1-2(4)5;1-2(3)4/h2H,4H2,1H3,(H,5,6);3-6H,1-2H2;1,3H2,(H,4,5);1H3,(H,3,4)/t2-;;;/m0.../s1. The number of rotatable bonds is 4. The minimum atomic E-state index is -0.968. The largest absolute Gasteiger partial charge is 0.481 e. The molecule has 0 aliphatic rings. The van der Waals surface area contributed by atoms with E-state index in [1.807, 2.05) is 0 Å². The van der Waals surface area contributed by atoms with Crippen molar-refractivity contribution in [3.63, 3.8) is 0 Å². The van der Waals surface area contributed by atoms with Gasteiger partial charge in [0.1, 0.15) is 12.1 Å². The zero-order valence-corrected chi connectivity index (χ0v) is 11.8. The second kappa shape index (κ2) is 20.5. The van der Waals surface area contributed by atoms with E-state index in [0.29, 0.717) is 0 Å². The van der Waals surface area contributed by atoms with E-state index in [9.17, 15) is 9.59 Å². The molecule has 0 aliphatic carbocycles. The minimum absolute atomic E-state index is 0.278. The molecular formula is C10H24N2O9. The number of aliphatic hydroxyl groups is 3. The van der Waals surface area contributed by atoms with Crippen molar-refractivity contribution in [3.05, 3.63) is 0 Å². The maximum Gasteiger partial charge on any atom is 0.320 e. The molecule has 0 aromatic carbocycles. The van der Waals surface area contributed by atoms with Gasteiger partial charge >= 0.3 is 11.9 Å². The number of aliphatic carboxylic acids is 3. The molecule has 11 nitrogen and oxygen atoms in total. The molecule has 0 radical (unpaired) electrons. The van der Waals surface area contributed by atoms with Gasteiger partial charge in [-0.2, -0.15) is 0 Å². The van der Waals surface area contributed by atoms with E-state index in [1.165, 1.54) is 6.92 Å². The third kappa shape index (κ3) is 71.0. The van der Waals surface area contributed by atoms with Crippen LogP contribution in [0.25, 0.3) is 0 Å². The van der Waals surface area contributed by atoms with Gasteiger partial charge in [-0.05, 0) is 6.92 Å². The predicted octanol–water partition coefficient (Wildman–Crippen LogP) is -3.13. The van der Waals surface area contributed by atoms with Crippen LogP contribution in [0.15, 0.2) is 0 Å². The fourth-order valence-corrected chi connectivity index (χ4v) is 0.0577. The summed E-state index contributed by atoms with van der Waals surface area (Å²) in [6.07, 6.45) is -0.954. The van der Waals surface area contributed by atoms with E-state index >= 15 is 0 Å². The number of nitrogens with two attached hydrogens (primary N) is 2. The Hall–Kier alpha value is -1.79. The molecule has 0 fully saturated rings. The first-order chi connectivity index (χ1) is 9.45. The molecule has 11 heteroatoms. The number of hydrogen-bond donors (Lipinski definition) is 8. The molecule has 0 bridgehead atoms. The molecule has 0 aromatic rings. The number of aliphatic hydroxyl groups excluding tert-OH is 3. The van der Waals surface area contributed by atoms with Crippen LogP contribution >= 0.6 is 0 Å². The van der Waals surface area contributed by atoms with Crippen molar-refractivity contribution in [2.24, 2.45) is 11.5 Å². The Morgan fingerprint density at radius 3 is 1.24 bits per heavy atom. The Morgan fingerprint density at radius 2 is 1.24 bits per heavy atom. The third-order valence-corrected chi connectivity index (χ3v) is 0.986. The average molecular weight is 316 g/mol. The van der Waals surface area contributed by atoms with Crippen LogP contribution in [-0.2, 0) is 14.4 Å². The van der Waals surface area contributed by atoms with Crippen LogP contribution in [0.3, 0.4) is 0 Å². The monoisotopic (exact) mass is 316 g/mol. The van der Waals surface area contributed by atoms with E-state index in [1.54, 1.807) is 0 Å². The van der Waals surface area contributed by atoms with Crippen LogP contribution in [0.4, 0.5) is 0 Å². The average Bonchev–Trinajstić information content (AvgIpc) is 2.38. The second-order valence-electron chi connectivity index (χ2n) is 3.26. The zero-order chi connectivity index (χ0) is 18.0. The molecule has 0 aliphatic heterocycles. The maximum absolute atomic E-state index is 9.57. The number of carboxylic acids is 3. The van der Waals surface area contributed by atoms with Gasteiger partial charge in [-0.25, -0.2) is 0 Å². The summed E-state index contributed by atoms with van der Waals surface area (Å²) < 4.78 is 0. The lowest BCUT2D eigenvalue weighted by atomic mass is 10.4. The van der Waals surface area contributed by atoms with Crippen LogP contribution in [0, 0.1) is 0 Å². The smallest absolute Gasteiger partial charge is 0.320 e. The Kier molecular flexibility index (Phi) is 26.9. The van der Waals surface area contributed by atoms with Crippen molar-refractivity contribution in [1.82, 2.24) is 0 Å². The molecule has 0 rings (SSSR count). The van der Waals surface area contributed by atoms with Crippen LogP contribution in [-0.4, -0.2) is 80.5 Å². The summed E-state index contributed by atoms with van der Waals surface area (Å²) in [5.41, 5.74) is 9.41. The van der Waals surface area contributed by atoms with E-state index < -0.39 is 30.1 Å². The molecule has 0 saturated heterocycles. The second-order valence-corrected chi connectivity index (χ2v) is 3.26. The van der Waals surface area contributed by atoms with Crippen molar-refractivity contribution in [2.75, 3.05) is 19.8 Å². The number of hydrogen-bond acceptors (Lipinski definition) is 8. The maximum atomic E-state index is 9.57. The van der Waals surface area contributed by atoms with E-state index in [2.05, 4.69) is 5.73 Å². The highest BCUT2D eigenvalue weighted by Crippen LogP contribution is 1.71. The van der Waals surface area contributed by atoms with Gasteiger partial charge in [-0.1, -0.05) is 0 Å². The van der Waals surface area contributed by atoms with Crippen molar-refractivity contribution < 1.29 is 45.0 Å². The molecule has 21 heavy (non-hydrogen) atoms. The Morgan fingerprint density at radius 1 is 1.05 bits per heavy atom. The first-order valence-corrected chi connectivity index (χ1v) is 5.45. The SMILES string of the molecule is CC(=O)O.C[C@H](N)C(=O)O.NCC(=O)O.OCC(O)CO. The quantitative estimate of drug-likeness (QED) is 0.258. The van der Waals surface area contributed by atoms with Crippen molar-refractivity contribution in [2.45, 2.75) is 26.0 Å². The summed E-state index contributed by atoms with van der Waals surface area (Å²) in [7, 11) is 0. The summed E-state index contributed by atoms with van der Waals surface area (Å²) in [6.45, 7) is 1.50. The molecular weight excluding hydrogens is 292 g/mol. The molecule has 0 unspecified atom stereocenters. The van der Waals surface area contributed by atoms with Crippen LogP contribution in [0.5, 0.6) is 0 Å². The van der Waals surface area contributed by atoms with E-state index in [4.69, 9.17) is 41.2 Å². The summed E-state index contributed by atoms with van der Waals surface area (Å²) >= 11 is 0.